The molecule has 0 radical (unpaired) electrons. The van der Waals surface area contributed by atoms with Crippen LogP contribution in [0, 0.1) is 5.92 Å². The summed E-state index contributed by atoms with van der Waals surface area (Å²) >= 11 is 3.41. The number of nitrogens with one attached hydrogen (secondary N) is 1. The Morgan fingerprint density at radius 1 is 1.47 bits per heavy atom. The standard InChI is InChI=1S/C12H16BrN3O/c13-7-4-8(6-15-5-7)16-11-10(14)9-2-1-3-17-12(9)11/h4-6,9-12,16H,1-3,14H2. The van der Waals surface area contributed by atoms with Crippen LogP contribution in [0.25, 0.3) is 0 Å². The van der Waals surface area contributed by atoms with Crippen molar-refractivity contribution in [2.75, 3.05) is 11.9 Å². The normalized spacial score (nSPS) is 35.9. The summed E-state index contributed by atoms with van der Waals surface area (Å²) in [4.78, 5) is 4.13. The molecule has 0 amide bonds. The van der Waals surface area contributed by atoms with Gasteiger partial charge in [-0.2, -0.15) is 0 Å². The molecular weight excluding hydrogens is 282 g/mol. The van der Waals surface area contributed by atoms with E-state index in [1.165, 1.54) is 6.42 Å². The summed E-state index contributed by atoms with van der Waals surface area (Å²) in [5.41, 5.74) is 7.18. The third kappa shape index (κ3) is 2.07. The first-order chi connectivity index (χ1) is 8.25. The predicted molar refractivity (Wildman–Crippen MR) is 69.8 cm³/mol. The summed E-state index contributed by atoms with van der Waals surface area (Å²) in [6.07, 6.45) is 6.19. The topological polar surface area (TPSA) is 60.2 Å². The van der Waals surface area contributed by atoms with Crippen molar-refractivity contribution in [2.45, 2.75) is 31.0 Å². The van der Waals surface area contributed by atoms with Crippen LogP contribution >= 0.6 is 15.9 Å². The lowest BCUT2D eigenvalue weighted by atomic mass is 9.68. The van der Waals surface area contributed by atoms with Crippen molar-refractivity contribution in [1.29, 1.82) is 0 Å². The molecule has 0 bridgehead atoms. The van der Waals surface area contributed by atoms with Gasteiger partial charge in [0.1, 0.15) is 0 Å². The number of nitrogens with two attached hydrogens (primary N) is 1. The summed E-state index contributed by atoms with van der Waals surface area (Å²) in [5.74, 6) is 0.529. The van der Waals surface area contributed by atoms with Crippen molar-refractivity contribution in [3.63, 3.8) is 0 Å². The molecule has 4 nitrogen and oxygen atoms in total. The Bertz CT molecular complexity index is 414. The first kappa shape index (κ1) is 11.4. The van der Waals surface area contributed by atoms with Gasteiger partial charge in [0.25, 0.3) is 0 Å². The van der Waals surface area contributed by atoms with Crippen LogP contribution in [0.2, 0.25) is 0 Å². The van der Waals surface area contributed by atoms with Crippen LogP contribution in [0.5, 0.6) is 0 Å². The second-order valence-electron chi connectivity index (χ2n) is 4.78. The van der Waals surface area contributed by atoms with Crippen LogP contribution in [-0.4, -0.2) is 29.8 Å². The van der Waals surface area contributed by atoms with Gasteiger partial charge in [0.2, 0.25) is 0 Å². The largest absolute Gasteiger partial charge is 0.377 e. The van der Waals surface area contributed by atoms with Crippen LogP contribution in [0.4, 0.5) is 5.69 Å². The first-order valence-corrected chi connectivity index (χ1v) is 6.79. The van der Waals surface area contributed by atoms with Gasteiger partial charge in [-0.3, -0.25) is 4.98 Å². The number of fused-ring (bicyclic) bond motifs is 1. The minimum atomic E-state index is 0.194. The number of hydrogen-bond donors (Lipinski definition) is 2. The Balaban J connectivity index is 1.69. The molecule has 2 aliphatic rings. The van der Waals surface area contributed by atoms with E-state index >= 15 is 0 Å². The van der Waals surface area contributed by atoms with Gasteiger partial charge in [-0.25, -0.2) is 0 Å². The monoisotopic (exact) mass is 297 g/mol. The molecule has 5 heteroatoms. The van der Waals surface area contributed by atoms with E-state index in [2.05, 4.69) is 26.2 Å². The average Bonchev–Trinajstić information content (AvgIpc) is 2.36. The first-order valence-electron chi connectivity index (χ1n) is 6.00. The summed E-state index contributed by atoms with van der Waals surface area (Å²) in [5, 5.41) is 3.43. The van der Waals surface area contributed by atoms with Crippen molar-refractivity contribution in [3.05, 3.63) is 22.9 Å². The summed E-state index contributed by atoms with van der Waals surface area (Å²) < 4.78 is 6.76. The quantitative estimate of drug-likeness (QED) is 0.873. The number of nitrogens with zero attached hydrogens (tertiary/aromatic N) is 1. The number of halogens is 1. The van der Waals surface area contributed by atoms with Gasteiger partial charge in [0, 0.05) is 29.2 Å². The van der Waals surface area contributed by atoms with Gasteiger partial charge < -0.3 is 15.8 Å². The molecule has 1 aromatic rings. The van der Waals surface area contributed by atoms with Crippen LogP contribution in [-0.2, 0) is 4.74 Å². The van der Waals surface area contributed by atoms with E-state index in [0.717, 1.165) is 23.2 Å². The van der Waals surface area contributed by atoms with Crippen molar-refractivity contribution >= 4 is 21.6 Å². The molecule has 92 valence electrons. The molecule has 4 atom stereocenters. The zero-order valence-electron chi connectivity index (χ0n) is 9.47. The Kier molecular flexibility index (Phi) is 3.06. The minimum absolute atomic E-state index is 0.194. The third-order valence-electron chi connectivity index (χ3n) is 3.72. The number of hydrogen-bond acceptors (Lipinski definition) is 4. The van der Waals surface area contributed by atoms with E-state index in [-0.39, 0.29) is 18.2 Å². The molecule has 2 fully saturated rings. The van der Waals surface area contributed by atoms with Crippen molar-refractivity contribution in [2.24, 2.45) is 11.7 Å². The second kappa shape index (κ2) is 4.55. The van der Waals surface area contributed by atoms with Crippen LogP contribution in [0.15, 0.2) is 22.9 Å². The molecule has 2 heterocycles. The van der Waals surface area contributed by atoms with Gasteiger partial charge in [-0.05, 0) is 34.8 Å². The van der Waals surface area contributed by atoms with E-state index in [4.69, 9.17) is 10.5 Å². The van der Waals surface area contributed by atoms with Crippen molar-refractivity contribution < 1.29 is 4.74 Å². The van der Waals surface area contributed by atoms with Gasteiger partial charge >= 0.3 is 0 Å². The van der Waals surface area contributed by atoms with E-state index in [9.17, 15) is 0 Å². The number of ether oxygens (including phenoxy) is 1. The SMILES string of the molecule is NC1C2CCCOC2C1Nc1cncc(Br)c1. The Labute approximate surface area is 109 Å². The maximum atomic E-state index is 6.19. The molecule has 1 aliphatic carbocycles. The average molecular weight is 298 g/mol. The molecular formula is C12H16BrN3O. The molecule has 1 aliphatic heterocycles. The Morgan fingerprint density at radius 3 is 3.18 bits per heavy atom. The lowest BCUT2D eigenvalue weighted by Crippen LogP contribution is -2.69. The second-order valence-corrected chi connectivity index (χ2v) is 5.70. The van der Waals surface area contributed by atoms with Crippen LogP contribution in [0.1, 0.15) is 12.8 Å². The van der Waals surface area contributed by atoms with Gasteiger partial charge in [0.15, 0.2) is 0 Å². The van der Waals surface area contributed by atoms with Gasteiger partial charge in [0.05, 0.1) is 24.0 Å². The molecule has 0 spiro atoms. The maximum Gasteiger partial charge on any atom is 0.0834 e. The van der Waals surface area contributed by atoms with Gasteiger partial charge in [-0.1, -0.05) is 0 Å². The fraction of sp³-hybridized carbons (Fsp3) is 0.583. The van der Waals surface area contributed by atoms with E-state index in [1.807, 2.05) is 12.3 Å². The number of aromatic nitrogens is 1. The molecule has 3 rings (SSSR count). The molecule has 1 saturated carbocycles. The molecule has 17 heavy (non-hydrogen) atoms. The van der Waals surface area contributed by atoms with Crippen molar-refractivity contribution in [3.8, 4) is 0 Å². The Hall–Kier alpha value is -0.650. The lowest BCUT2D eigenvalue weighted by Gasteiger charge is -2.52. The number of rotatable bonds is 2. The molecule has 1 aromatic heterocycles. The highest BCUT2D eigenvalue weighted by atomic mass is 79.9. The van der Waals surface area contributed by atoms with Gasteiger partial charge in [-0.15, -0.1) is 0 Å². The number of pyridine rings is 1. The zero-order valence-corrected chi connectivity index (χ0v) is 11.1. The van der Waals surface area contributed by atoms with Crippen molar-refractivity contribution in [1.82, 2.24) is 4.98 Å². The fourth-order valence-corrected chi connectivity index (χ4v) is 3.17. The summed E-state index contributed by atoms with van der Waals surface area (Å²) in [6, 6.07) is 2.42. The Morgan fingerprint density at radius 2 is 2.35 bits per heavy atom. The zero-order chi connectivity index (χ0) is 11.8. The molecule has 1 saturated heterocycles. The fourth-order valence-electron chi connectivity index (χ4n) is 2.81. The van der Waals surface area contributed by atoms with E-state index in [1.54, 1.807) is 6.20 Å². The summed E-state index contributed by atoms with van der Waals surface area (Å²) in [7, 11) is 0. The van der Waals surface area contributed by atoms with Crippen LogP contribution in [0.3, 0.4) is 0 Å². The van der Waals surface area contributed by atoms with E-state index in [0.29, 0.717) is 5.92 Å². The molecule has 3 N–H and O–H groups in total. The molecule has 0 aromatic carbocycles. The highest BCUT2D eigenvalue weighted by molar-refractivity contribution is 9.10. The smallest absolute Gasteiger partial charge is 0.0834 e. The highest BCUT2D eigenvalue weighted by Crippen LogP contribution is 2.38. The minimum Gasteiger partial charge on any atom is -0.377 e. The number of anilines is 1. The molecule has 4 unspecified atom stereocenters. The highest BCUT2D eigenvalue weighted by Gasteiger charge is 2.50. The third-order valence-corrected chi connectivity index (χ3v) is 4.15. The summed E-state index contributed by atoms with van der Waals surface area (Å²) in [6.45, 7) is 0.864. The predicted octanol–water partition coefficient (Wildman–Crippen LogP) is 1.76. The maximum absolute atomic E-state index is 6.19. The van der Waals surface area contributed by atoms with E-state index < -0.39 is 0 Å². The lowest BCUT2D eigenvalue weighted by molar-refractivity contribution is -0.104. The van der Waals surface area contributed by atoms with Crippen LogP contribution < -0.4 is 11.1 Å².